The standard InChI is InChI=1S/C27H49NO6/c1-2-3-4-5-6-7-8-9-10-14-21-28(22-15-11-18-25(29)30,23-16-12-19-26(31)32)24-17-13-20-27(33)34/h4-5H,2-3,6-24H2,1H3,(H2-,29,30,31,32,33,34)/p+1/b5-4+. The maximum Gasteiger partial charge on any atom is 0.303 e. The molecule has 0 bridgehead atoms. The lowest BCUT2D eigenvalue weighted by Gasteiger charge is -2.39. The number of carboxylic acids is 3. The fraction of sp³-hybridized carbons (Fsp3) is 0.815. The van der Waals surface area contributed by atoms with Crippen molar-refractivity contribution < 1.29 is 34.2 Å². The first kappa shape index (κ1) is 32.1. The van der Waals surface area contributed by atoms with E-state index in [1.807, 2.05) is 0 Å². The molecule has 198 valence electrons. The lowest BCUT2D eigenvalue weighted by molar-refractivity contribution is -0.929. The zero-order chi connectivity index (χ0) is 25.5. The van der Waals surface area contributed by atoms with Gasteiger partial charge in [0.25, 0.3) is 0 Å². The number of hydrogen-bond acceptors (Lipinski definition) is 3. The monoisotopic (exact) mass is 484 g/mol. The van der Waals surface area contributed by atoms with E-state index in [-0.39, 0.29) is 19.3 Å². The van der Waals surface area contributed by atoms with Crippen LogP contribution in [0.4, 0.5) is 0 Å². The highest BCUT2D eigenvalue weighted by molar-refractivity contribution is 5.67. The van der Waals surface area contributed by atoms with Gasteiger partial charge in [0, 0.05) is 19.3 Å². The van der Waals surface area contributed by atoms with E-state index in [0.29, 0.717) is 19.3 Å². The van der Waals surface area contributed by atoms with Crippen molar-refractivity contribution in [1.82, 2.24) is 0 Å². The van der Waals surface area contributed by atoms with Gasteiger partial charge in [-0.1, -0.05) is 38.3 Å². The molecule has 0 saturated heterocycles. The SMILES string of the molecule is CCC/C=C/CCCCCCC[N+](CCCCC(=O)O)(CCCCC(=O)O)CCCCC(=O)O. The fourth-order valence-corrected chi connectivity index (χ4v) is 4.48. The first-order valence-corrected chi connectivity index (χ1v) is 13.5. The molecule has 0 aliphatic heterocycles. The Kier molecular flexibility index (Phi) is 20.4. The maximum atomic E-state index is 10.9. The van der Waals surface area contributed by atoms with Gasteiger partial charge in [0.1, 0.15) is 0 Å². The summed E-state index contributed by atoms with van der Waals surface area (Å²) in [7, 11) is 0. The lowest BCUT2D eigenvalue weighted by atomic mass is 10.1. The second-order valence-corrected chi connectivity index (χ2v) is 9.61. The molecule has 0 spiro atoms. The molecule has 0 aromatic rings. The van der Waals surface area contributed by atoms with Crippen LogP contribution in [-0.2, 0) is 14.4 Å². The van der Waals surface area contributed by atoms with E-state index < -0.39 is 17.9 Å². The molecule has 0 radical (unpaired) electrons. The van der Waals surface area contributed by atoms with Gasteiger partial charge in [-0.25, -0.2) is 0 Å². The third kappa shape index (κ3) is 20.7. The fourth-order valence-electron chi connectivity index (χ4n) is 4.48. The van der Waals surface area contributed by atoms with Crippen molar-refractivity contribution >= 4 is 17.9 Å². The van der Waals surface area contributed by atoms with E-state index in [1.54, 1.807) is 0 Å². The highest BCUT2D eigenvalue weighted by Crippen LogP contribution is 2.19. The third-order valence-electron chi connectivity index (χ3n) is 6.44. The van der Waals surface area contributed by atoms with Gasteiger partial charge in [-0.2, -0.15) is 0 Å². The third-order valence-corrected chi connectivity index (χ3v) is 6.44. The number of rotatable bonds is 25. The Morgan fingerprint density at radius 1 is 0.529 bits per heavy atom. The Labute approximate surface area is 206 Å². The average molecular weight is 485 g/mol. The van der Waals surface area contributed by atoms with E-state index in [0.717, 1.165) is 75.6 Å². The molecule has 0 rings (SSSR count). The Balaban J connectivity index is 4.78. The van der Waals surface area contributed by atoms with Gasteiger partial charge >= 0.3 is 17.9 Å². The van der Waals surface area contributed by atoms with Gasteiger partial charge < -0.3 is 19.8 Å². The quantitative estimate of drug-likeness (QED) is 0.0800. The van der Waals surface area contributed by atoms with E-state index >= 15 is 0 Å². The summed E-state index contributed by atoms with van der Waals surface area (Å²) in [6, 6.07) is 0. The molecule has 0 amide bonds. The molecular formula is C27H50NO6+. The minimum atomic E-state index is -0.773. The molecule has 0 aliphatic carbocycles. The summed E-state index contributed by atoms with van der Waals surface area (Å²) in [5, 5.41) is 26.9. The van der Waals surface area contributed by atoms with E-state index in [4.69, 9.17) is 15.3 Å². The number of nitrogens with zero attached hydrogens (tertiary/aromatic N) is 1. The molecule has 0 atom stereocenters. The first-order chi connectivity index (χ1) is 16.3. The lowest BCUT2D eigenvalue weighted by Crippen LogP contribution is -2.51. The second kappa shape index (κ2) is 21.6. The molecule has 7 nitrogen and oxygen atoms in total. The van der Waals surface area contributed by atoms with Crippen LogP contribution < -0.4 is 0 Å². The Hall–Kier alpha value is -1.89. The van der Waals surface area contributed by atoms with E-state index in [1.165, 1.54) is 25.7 Å². The Bertz CT molecular complexity index is 520. The zero-order valence-corrected chi connectivity index (χ0v) is 21.5. The molecule has 7 heteroatoms. The smallest absolute Gasteiger partial charge is 0.303 e. The van der Waals surface area contributed by atoms with Crippen LogP contribution in [0.2, 0.25) is 0 Å². The number of carbonyl (C=O) groups is 3. The molecule has 0 aromatic carbocycles. The molecule has 0 aromatic heterocycles. The van der Waals surface area contributed by atoms with Crippen molar-refractivity contribution in [2.75, 3.05) is 26.2 Å². The predicted molar refractivity (Wildman–Crippen MR) is 136 cm³/mol. The van der Waals surface area contributed by atoms with Crippen LogP contribution in [0, 0.1) is 0 Å². The second-order valence-electron chi connectivity index (χ2n) is 9.61. The number of allylic oxidation sites excluding steroid dienone is 2. The molecule has 0 heterocycles. The van der Waals surface area contributed by atoms with Crippen molar-refractivity contribution in [3.63, 3.8) is 0 Å². The van der Waals surface area contributed by atoms with Gasteiger partial charge in [0.2, 0.25) is 0 Å². The van der Waals surface area contributed by atoms with Crippen molar-refractivity contribution in [3.05, 3.63) is 12.2 Å². The highest BCUT2D eigenvalue weighted by atomic mass is 16.4. The van der Waals surface area contributed by atoms with Crippen molar-refractivity contribution in [1.29, 1.82) is 0 Å². The number of aliphatic carboxylic acids is 3. The van der Waals surface area contributed by atoms with Gasteiger partial charge in [-0.05, 0) is 70.6 Å². The molecule has 0 unspecified atom stereocenters. The van der Waals surface area contributed by atoms with Crippen LogP contribution >= 0.6 is 0 Å². The van der Waals surface area contributed by atoms with Crippen LogP contribution in [0.1, 0.15) is 116 Å². The van der Waals surface area contributed by atoms with Gasteiger partial charge in [-0.15, -0.1) is 0 Å². The van der Waals surface area contributed by atoms with Crippen LogP contribution in [0.3, 0.4) is 0 Å². The van der Waals surface area contributed by atoms with Crippen LogP contribution in [0.5, 0.6) is 0 Å². The zero-order valence-electron chi connectivity index (χ0n) is 21.5. The minimum Gasteiger partial charge on any atom is -0.481 e. The number of hydrogen-bond donors (Lipinski definition) is 3. The summed E-state index contributed by atoms with van der Waals surface area (Å²) in [5.74, 6) is -2.32. The largest absolute Gasteiger partial charge is 0.481 e. The minimum absolute atomic E-state index is 0.171. The van der Waals surface area contributed by atoms with Crippen LogP contribution in [-0.4, -0.2) is 63.9 Å². The molecule has 0 saturated carbocycles. The molecule has 3 N–H and O–H groups in total. The number of unbranched alkanes of at least 4 members (excludes halogenated alkanes) is 9. The Morgan fingerprint density at radius 2 is 0.882 bits per heavy atom. The van der Waals surface area contributed by atoms with E-state index in [2.05, 4.69) is 19.1 Å². The van der Waals surface area contributed by atoms with Gasteiger partial charge in [0.15, 0.2) is 0 Å². The molecule has 34 heavy (non-hydrogen) atoms. The maximum absolute atomic E-state index is 10.9. The Morgan fingerprint density at radius 3 is 1.29 bits per heavy atom. The normalized spacial score (nSPS) is 11.8. The predicted octanol–water partition coefficient (Wildman–Crippen LogP) is 6.26. The summed E-state index contributed by atoms with van der Waals surface area (Å²) in [6.45, 7) is 5.85. The van der Waals surface area contributed by atoms with Crippen molar-refractivity contribution in [3.8, 4) is 0 Å². The topological polar surface area (TPSA) is 112 Å². The van der Waals surface area contributed by atoms with Gasteiger partial charge in [-0.3, -0.25) is 14.4 Å². The summed E-state index contributed by atoms with van der Waals surface area (Å²) in [4.78, 5) is 32.8. The summed E-state index contributed by atoms with van der Waals surface area (Å²) in [5.41, 5.74) is 0. The highest BCUT2D eigenvalue weighted by Gasteiger charge is 2.26. The summed E-state index contributed by atoms with van der Waals surface area (Å²) < 4.78 is 0.860. The number of carboxylic acid groups (broad SMARTS) is 3. The van der Waals surface area contributed by atoms with Crippen LogP contribution in [0.15, 0.2) is 12.2 Å². The van der Waals surface area contributed by atoms with Crippen molar-refractivity contribution in [2.24, 2.45) is 0 Å². The molecule has 0 fully saturated rings. The van der Waals surface area contributed by atoms with Crippen molar-refractivity contribution in [2.45, 2.75) is 116 Å². The summed E-state index contributed by atoms with van der Waals surface area (Å²) >= 11 is 0. The first-order valence-electron chi connectivity index (χ1n) is 13.5. The summed E-state index contributed by atoms with van der Waals surface area (Å²) in [6.07, 6.45) is 18.9. The average Bonchev–Trinajstić information content (AvgIpc) is 2.78. The van der Waals surface area contributed by atoms with E-state index in [9.17, 15) is 14.4 Å². The van der Waals surface area contributed by atoms with Gasteiger partial charge in [0.05, 0.1) is 26.2 Å². The molecule has 0 aliphatic rings. The van der Waals surface area contributed by atoms with Crippen LogP contribution in [0.25, 0.3) is 0 Å². The number of quaternary nitrogens is 1. The molecular weight excluding hydrogens is 434 g/mol.